The predicted molar refractivity (Wildman–Crippen MR) is 104 cm³/mol. The fraction of sp³-hybridized carbons (Fsp3) is 0.333. The lowest BCUT2D eigenvalue weighted by Gasteiger charge is -2.20. The molecule has 2 rings (SSSR count). The first-order valence-corrected chi connectivity index (χ1v) is 8.84. The third kappa shape index (κ3) is 6.42. The second-order valence-corrected chi connectivity index (χ2v) is 6.25. The number of carbonyl (C=O) groups excluding carboxylic acids is 2. The summed E-state index contributed by atoms with van der Waals surface area (Å²) in [4.78, 5) is 23.7. The number of hydrogen-bond donors (Lipinski definition) is 2. The maximum atomic E-state index is 12.5. The highest BCUT2D eigenvalue weighted by Gasteiger charge is 2.21. The molecule has 2 amide bonds. The van der Waals surface area contributed by atoms with Crippen molar-refractivity contribution in [3.05, 3.63) is 65.7 Å². The summed E-state index contributed by atoms with van der Waals surface area (Å²) in [5.74, 6) is 0.283. The Morgan fingerprint density at radius 2 is 1.70 bits per heavy atom. The normalized spacial score (nSPS) is 12.7. The molecule has 6 nitrogen and oxygen atoms in total. The summed E-state index contributed by atoms with van der Waals surface area (Å²) in [5, 5.41) is 5.49. The van der Waals surface area contributed by atoms with Crippen LogP contribution in [0.15, 0.2) is 54.6 Å². The molecule has 27 heavy (non-hydrogen) atoms. The van der Waals surface area contributed by atoms with Crippen LogP contribution in [0.25, 0.3) is 0 Å². The van der Waals surface area contributed by atoms with Gasteiger partial charge in [-0.15, -0.1) is 0 Å². The summed E-state index contributed by atoms with van der Waals surface area (Å²) >= 11 is 0. The molecule has 6 heteroatoms. The molecule has 144 valence electrons. The van der Waals surface area contributed by atoms with E-state index in [0.717, 1.165) is 11.1 Å². The van der Waals surface area contributed by atoms with Crippen molar-refractivity contribution >= 4 is 11.8 Å². The fourth-order valence-electron chi connectivity index (χ4n) is 2.69. The predicted octanol–water partition coefficient (Wildman–Crippen LogP) is 2.25. The molecule has 0 spiro atoms. The van der Waals surface area contributed by atoms with Gasteiger partial charge in [-0.05, 0) is 36.6 Å². The Labute approximate surface area is 159 Å². The molecule has 2 aromatic carbocycles. The van der Waals surface area contributed by atoms with Gasteiger partial charge in [-0.1, -0.05) is 42.5 Å². The minimum atomic E-state index is -0.630. The Kier molecular flexibility index (Phi) is 7.82. The first kappa shape index (κ1) is 20.5. The zero-order valence-corrected chi connectivity index (χ0v) is 15.9. The van der Waals surface area contributed by atoms with E-state index in [2.05, 4.69) is 10.6 Å². The van der Waals surface area contributed by atoms with E-state index in [4.69, 9.17) is 9.47 Å². The minimum absolute atomic E-state index is 0.0137. The zero-order valence-electron chi connectivity index (χ0n) is 15.9. The summed E-state index contributed by atoms with van der Waals surface area (Å²) < 4.78 is 10.7. The number of rotatable bonds is 9. The van der Waals surface area contributed by atoms with Gasteiger partial charge < -0.3 is 20.1 Å². The van der Waals surface area contributed by atoms with Crippen molar-refractivity contribution in [1.29, 1.82) is 0 Å². The van der Waals surface area contributed by atoms with Crippen LogP contribution < -0.4 is 15.4 Å². The largest absolute Gasteiger partial charge is 0.484 e. The van der Waals surface area contributed by atoms with Crippen molar-refractivity contribution in [3.8, 4) is 5.75 Å². The van der Waals surface area contributed by atoms with Gasteiger partial charge >= 0.3 is 0 Å². The van der Waals surface area contributed by atoms with E-state index in [1.807, 2.05) is 61.5 Å². The molecule has 0 fully saturated rings. The fourth-order valence-corrected chi connectivity index (χ4v) is 2.69. The molecule has 0 saturated carbocycles. The van der Waals surface area contributed by atoms with E-state index in [1.54, 1.807) is 7.05 Å². The monoisotopic (exact) mass is 370 g/mol. The van der Waals surface area contributed by atoms with E-state index >= 15 is 0 Å². The SMILES string of the molecule is CNC(=O)COc1ccc(C[C@@H](C)NC(=O)C(OC)c2ccccc2)cc1. The lowest BCUT2D eigenvalue weighted by molar-refractivity contribution is -0.132. The van der Waals surface area contributed by atoms with Gasteiger partial charge in [0.2, 0.25) is 0 Å². The molecule has 0 aromatic heterocycles. The van der Waals surface area contributed by atoms with E-state index in [-0.39, 0.29) is 24.5 Å². The summed E-state index contributed by atoms with van der Waals surface area (Å²) in [6.07, 6.45) is 0.0429. The highest BCUT2D eigenvalue weighted by Crippen LogP contribution is 2.17. The van der Waals surface area contributed by atoms with Gasteiger partial charge in [-0.25, -0.2) is 0 Å². The van der Waals surface area contributed by atoms with Crippen LogP contribution >= 0.6 is 0 Å². The van der Waals surface area contributed by atoms with E-state index < -0.39 is 6.10 Å². The van der Waals surface area contributed by atoms with Crippen LogP contribution in [0.1, 0.15) is 24.2 Å². The molecule has 0 bridgehead atoms. The van der Waals surface area contributed by atoms with Crippen molar-refractivity contribution in [3.63, 3.8) is 0 Å². The molecular formula is C21H26N2O4. The summed E-state index contributed by atoms with van der Waals surface area (Å²) in [6.45, 7) is 1.94. The van der Waals surface area contributed by atoms with Crippen LogP contribution in [0.3, 0.4) is 0 Å². The molecular weight excluding hydrogens is 344 g/mol. The first-order valence-electron chi connectivity index (χ1n) is 8.84. The number of amides is 2. The smallest absolute Gasteiger partial charge is 0.257 e. The van der Waals surface area contributed by atoms with Crippen molar-refractivity contribution in [2.75, 3.05) is 20.8 Å². The molecule has 0 aliphatic rings. The third-order valence-corrected chi connectivity index (χ3v) is 4.08. The topological polar surface area (TPSA) is 76.7 Å². The van der Waals surface area contributed by atoms with Gasteiger partial charge in [0.15, 0.2) is 12.7 Å². The number of likely N-dealkylation sites (N-methyl/N-ethyl adjacent to an activating group) is 1. The number of benzene rings is 2. The van der Waals surface area contributed by atoms with Crippen LogP contribution in [0, 0.1) is 0 Å². The Hall–Kier alpha value is -2.86. The Morgan fingerprint density at radius 3 is 2.30 bits per heavy atom. The van der Waals surface area contributed by atoms with Gasteiger partial charge in [-0.2, -0.15) is 0 Å². The molecule has 0 heterocycles. The average Bonchev–Trinajstić information content (AvgIpc) is 2.68. The standard InChI is InChI=1S/C21H26N2O4/c1-15(23-21(25)20(26-3)17-7-5-4-6-8-17)13-16-9-11-18(12-10-16)27-14-19(24)22-2/h4-12,15,20H,13-14H2,1-3H3,(H,22,24)(H,23,25)/t15-,20?/m1/s1. The van der Waals surface area contributed by atoms with Gasteiger partial charge in [0.25, 0.3) is 11.8 Å². The quantitative estimate of drug-likeness (QED) is 0.710. The molecule has 0 saturated heterocycles. The Bertz CT molecular complexity index is 732. The molecule has 1 unspecified atom stereocenters. The number of methoxy groups -OCH3 is 1. The van der Waals surface area contributed by atoms with Crippen LogP contribution in [-0.2, 0) is 20.7 Å². The Balaban J connectivity index is 1.88. The van der Waals surface area contributed by atoms with E-state index in [1.165, 1.54) is 7.11 Å². The van der Waals surface area contributed by atoms with Crippen molar-refractivity contribution in [2.45, 2.75) is 25.5 Å². The van der Waals surface area contributed by atoms with Crippen molar-refractivity contribution < 1.29 is 19.1 Å². The highest BCUT2D eigenvalue weighted by molar-refractivity contribution is 5.82. The maximum absolute atomic E-state index is 12.5. The number of hydrogen-bond acceptors (Lipinski definition) is 4. The van der Waals surface area contributed by atoms with Gasteiger partial charge in [0.05, 0.1) is 0 Å². The third-order valence-electron chi connectivity index (χ3n) is 4.08. The van der Waals surface area contributed by atoms with Gasteiger partial charge in [-0.3, -0.25) is 9.59 Å². The van der Waals surface area contributed by atoms with Crippen molar-refractivity contribution in [1.82, 2.24) is 10.6 Å². The molecule has 2 aromatic rings. The summed E-state index contributed by atoms with van der Waals surface area (Å²) in [5.41, 5.74) is 1.88. The lowest BCUT2D eigenvalue weighted by atomic mass is 10.1. The molecule has 2 atom stereocenters. The number of ether oxygens (including phenoxy) is 2. The molecule has 2 N–H and O–H groups in total. The Morgan fingerprint density at radius 1 is 1.04 bits per heavy atom. The molecule has 0 aliphatic heterocycles. The second-order valence-electron chi connectivity index (χ2n) is 6.25. The molecule has 0 aliphatic carbocycles. The molecule has 0 radical (unpaired) electrons. The van der Waals surface area contributed by atoms with Crippen LogP contribution in [0.4, 0.5) is 0 Å². The van der Waals surface area contributed by atoms with Gasteiger partial charge in [0, 0.05) is 20.2 Å². The van der Waals surface area contributed by atoms with Gasteiger partial charge in [0.1, 0.15) is 5.75 Å². The highest BCUT2D eigenvalue weighted by atomic mass is 16.5. The first-order chi connectivity index (χ1) is 13.0. The minimum Gasteiger partial charge on any atom is -0.484 e. The van der Waals surface area contributed by atoms with Crippen LogP contribution in [0.5, 0.6) is 5.75 Å². The second kappa shape index (κ2) is 10.3. The number of carbonyl (C=O) groups is 2. The average molecular weight is 370 g/mol. The van der Waals surface area contributed by atoms with Crippen molar-refractivity contribution in [2.24, 2.45) is 0 Å². The number of nitrogens with one attached hydrogen (secondary N) is 2. The lowest BCUT2D eigenvalue weighted by Crippen LogP contribution is -2.38. The zero-order chi connectivity index (χ0) is 19.6. The van der Waals surface area contributed by atoms with E-state index in [0.29, 0.717) is 12.2 Å². The summed E-state index contributed by atoms with van der Waals surface area (Å²) in [6, 6.07) is 16.8. The van der Waals surface area contributed by atoms with Crippen LogP contribution in [-0.4, -0.2) is 38.6 Å². The maximum Gasteiger partial charge on any atom is 0.257 e. The van der Waals surface area contributed by atoms with E-state index in [9.17, 15) is 9.59 Å². The van der Waals surface area contributed by atoms with Crippen LogP contribution in [0.2, 0.25) is 0 Å². The summed E-state index contributed by atoms with van der Waals surface area (Å²) in [7, 11) is 3.09.